The minimum Gasteiger partial charge on any atom is -0.493 e. The quantitative estimate of drug-likeness (QED) is 0.202. The standard InChI is InChI=1S/C27H43NO5/c1-19(2)22(12-9-10-13-23(20(3)4)27(30)28(5)6)26(29)21-14-15-24(32-8)25(18-21)33-17-11-16-31-7/h9-10,14-15,18-20,22-23H,11-13,16-17H2,1-8H3/b10-9+/t22-,23-/m0/s1. The minimum atomic E-state index is -0.155. The smallest absolute Gasteiger partial charge is 0.225 e. The fourth-order valence-electron chi connectivity index (χ4n) is 3.70. The Kier molecular flexibility index (Phi) is 12.8. The van der Waals surface area contributed by atoms with Crippen molar-refractivity contribution in [3.63, 3.8) is 0 Å². The summed E-state index contributed by atoms with van der Waals surface area (Å²) < 4.78 is 16.3. The molecular formula is C27H43NO5. The van der Waals surface area contributed by atoms with Crippen LogP contribution in [0.25, 0.3) is 0 Å². The van der Waals surface area contributed by atoms with E-state index in [0.717, 1.165) is 6.42 Å². The second-order valence-electron chi connectivity index (χ2n) is 9.30. The maximum absolute atomic E-state index is 13.3. The van der Waals surface area contributed by atoms with Gasteiger partial charge in [-0.2, -0.15) is 0 Å². The van der Waals surface area contributed by atoms with Crippen LogP contribution >= 0.6 is 0 Å². The summed E-state index contributed by atoms with van der Waals surface area (Å²) in [7, 11) is 6.83. The average Bonchev–Trinajstić information content (AvgIpc) is 2.77. The predicted molar refractivity (Wildman–Crippen MR) is 133 cm³/mol. The number of nitrogens with zero attached hydrogens (tertiary/aromatic N) is 1. The summed E-state index contributed by atoms with van der Waals surface area (Å²) in [6.07, 6.45) is 6.16. The van der Waals surface area contributed by atoms with E-state index in [0.29, 0.717) is 43.1 Å². The van der Waals surface area contributed by atoms with Gasteiger partial charge in [-0.05, 0) is 42.9 Å². The molecule has 0 radical (unpaired) electrons. The van der Waals surface area contributed by atoms with Crippen LogP contribution in [0.2, 0.25) is 0 Å². The molecule has 0 saturated carbocycles. The first kappa shape index (κ1) is 28.7. The number of benzene rings is 1. The first-order valence-corrected chi connectivity index (χ1v) is 11.8. The van der Waals surface area contributed by atoms with E-state index in [9.17, 15) is 9.59 Å². The number of Topliss-reactive ketones (excluding diaryl/α,β-unsaturated/α-hetero) is 1. The molecule has 0 saturated heterocycles. The van der Waals surface area contributed by atoms with Gasteiger partial charge in [-0.15, -0.1) is 0 Å². The maximum Gasteiger partial charge on any atom is 0.225 e. The van der Waals surface area contributed by atoms with E-state index in [1.807, 2.05) is 12.2 Å². The number of ketones is 1. The van der Waals surface area contributed by atoms with E-state index >= 15 is 0 Å². The number of hydrogen-bond donors (Lipinski definition) is 0. The van der Waals surface area contributed by atoms with Crippen molar-refractivity contribution in [2.45, 2.75) is 47.0 Å². The van der Waals surface area contributed by atoms with E-state index in [1.165, 1.54) is 0 Å². The highest BCUT2D eigenvalue weighted by molar-refractivity contribution is 5.98. The van der Waals surface area contributed by atoms with Gasteiger partial charge in [-0.25, -0.2) is 0 Å². The zero-order valence-corrected chi connectivity index (χ0v) is 21.7. The van der Waals surface area contributed by atoms with Crippen molar-refractivity contribution in [1.82, 2.24) is 4.90 Å². The van der Waals surface area contributed by atoms with Gasteiger partial charge < -0.3 is 19.1 Å². The van der Waals surface area contributed by atoms with Gasteiger partial charge in [0.25, 0.3) is 0 Å². The molecule has 0 aliphatic carbocycles. The van der Waals surface area contributed by atoms with E-state index in [1.54, 1.807) is 51.4 Å². The van der Waals surface area contributed by atoms with Gasteiger partial charge in [0.1, 0.15) is 0 Å². The van der Waals surface area contributed by atoms with Crippen LogP contribution in [0.1, 0.15) is 57.3 Å². The number of methoxy groups -OCH3 is 2. The van der Waals surface area contributed by atoms with Gasteiger partial charge in [0.2, 0.25) is 5.91 Å². The van der Waals surface area contributed by atoms with Crippen molar-refractivity contribution in [3.8, 4) is 11.5 Å². The lowest BCUT2D eigenvalue weighted by molar-refractivity contribution is -0.134. The highest BCUT2D eigenvalue weighted by atomic mass is 16.5. The van der Waals surface area contributed by atoms with Gasteiger partial charge in [-0.1, -0.05) is 39.8 Å². The summed E-state index contributed by atoms with van der Waals surface area (Å²) in [6, 6.07) is 5.36. The maximum atomic E-state index is 13.3. The Morgan fingerprint density at radius 2 is 1.52 bits per heavy atom. The van der Waals surface area contributed by atoms with Crippen LogP contribution in [-0.4, -0.2) is 58.1 Å². The molecule has 0 aliphatic heterocycles. The number of carbonyl (C=O) groups excluding carboxylic acids is 2. The summed E-state index contributed by atoms with van der Waals surface area (Å²) in [5.74, 6) is 1.64. The summed E-state index contributed by atoms with van der Waals surface area (Å²) in [5, 5.41) is 0. The monoisotopic (exact) mass is 461 g/mol. The fraction of sp³-hybridized carbons (Fsp3) is 0.630. The molecule has 0 heterocycles. The van der Waals surface area contributed by atoms with Crippen molar-refractivity contribution < 1.29 is 23.8 Å². The minimum absolute atomic E-state index is 0.0520. The van der Waals surface area contributed by atoms with Gasteiger partial charge in [0.15, 0.2) is 17.3 Å². The number of carbonyl (C=O) groups is 2. The zero-order valence-electron chi connectivity index (χ0n) is 21.7. The molecule has 0 aromatic heterocycles. The molecule has 186 valence electrons. The fourth-order valence-corrected chi connectivity index (χ4v) is 3.70. The van der Waals surface area contributed by atoms with E-state index in [-0.39, 0.29) is 35.4 Å². The molecule has 2 atom stereocenters. The SMILES string of the molecule is COCCCOc1cc(C(=O)[C@@H](C/C=C/C[C@H](C(=O)N(C)C)C(C)C)C(C)C)ccc1OC. The lowest BCUT2D eigenvalue weighted by Crippen LogP contribution is -2.32. The Labute approximate surface area is 200 Å². The Morgan fingerprint density at radius 3 is 2.03 bits per heavy atom. The third-order valence-electron chi connectivity index (χ3n) is 5.85. The van der Waals surface area contributed by atoms with Crippen molar-refractivity contribution >= 4 is 11.7 Å². The molecule has 33 heavy (non-hydrogen) atoms. The summed E-state index contributed by atoms with van der Waals surface area (Å²) in [6.45, 7) is 9.36. The third-order valence-corrected chi connectivity index (χ3v) is 5.85. The molecule has 1 amide bonds. The molecule has 6 nitrogen and oxygen atoms in total. The van der Waals surface area contributed by atoms with Gasteiger partial charge in [0.05, 0.1) is 13.7 Å². The Bertz CT molecular complexity index is 770. The van der Waals surface area contributed by atoms with Crippen molar-refractivity contribution in [2.75, 3.05) is 41.5 Å². The number of hydrogen-bond acceptors (Lipinski definition) is 5. The topological polar surface area (TPSA) is 65.1 Å². The molecule has 0 spiro atoms. The second kappa shape index (κ2) is 14.7. The number of amides is 1. The van der Waals surface area contributed by atoms with Crippen LogP contribution < -0.4 is 9.47 Å². The van der Waals surface area contributed by atoms with Crippen molar-refractivity contribution in [1.29, 1.82) is 0 Å². The average molecular weight is 462 g/mol. The third kappa shape index (κ3) is 9.20. The second-order valence-corrected chi connectivity index (χ2v) is 9.30. The number of allylic oxidation sites excluding steroid dienone is 2. The molecule has 1 aromatic rings. The Morgan fingerprint density at radius 1 is 0.909 bits per heavy atom. The lowest BCUT2D eigenvalue weighted by Gasteiger charge is -2.22. The molecule has 0 unspecified atom stereocenters. The Balaban J connectivity index is 2.91. The summed E-state index contributed by atoms with van der Waals surface area (Å²) >= 11 is 0. The summed E-state index contributed by atoms with van der Waals surface area (Å²) in [5.41, 5.74) is 0.618. The molecule has 0 bridgehead atoms. The van der Waals surface area contributed by atoms with Gasteiger partial charge >= 0.3 is 0 Å². The molecule has 0 fully saturated rings. The molecule has 0 N–H and O–H groups in total. The molecule has 1 rings (SSSR count). The van der Waals surface area contributed by atoms with E-state index < -0.39 is 0 Å². The normalized spacial score (nSPS) is 13.4. The van der Waals surface area contributed by atoms with Crippen LogP contribution in [0.3, 0.4) is 0 Å². The largest absolute Gasteiger partial charge is 0.493 e. The first-order chi connectivity index (χ1) is 15.6. The van der Waals surface area contributed by atoms with Gasteiger partial charge in [-0.3, -0.25) is 9.59 Å². The van der Waals surface area contributed by atoms with Crippen molar-refractivity contribution in [2.24, 2.45) is 23.7 Å². The number of ether oxygens (including phenoxy) is 3. The van der Waals surface area contributed by atoms with E-state index in [4.69, 9.17) is 14.2 Å². The molecule has 0 aliphatic rings. The molecule has 1 aromatic carbocycles. The summed E-state index contributed by atoms with van der Waals surface area (Å²) in [4.78, 5) is 27.4. The zero-order chi connectivity index (χ0) is 25.0. The predicted octanol–water partition coefficient (Wildman–Crippen LogP) is 5.26. The van der Waals surface area contributed by atoms with Crippen LogP contribution in [0.4, 0.5) is 0 Å². The Hall–Kier alpha value is -2.34. The highest BCUT2D eigenvalue weighted by Crippen LogP contribution is 2.31. The highest BCUT2D eigenvalue weighted by Gasteiger charge is 2.25. The van der Waals surface area contributed by atoms with Crippen LogP contribution in [-0.2, 0) is 9.53 Å². The number of rotatable bonds is 15. The van der Waals surface area contributed by atoms with Crippen LogP contribution in [0.5, 0.6) is 11.5 Å². The van der Waals surface area contributed by atoms with Crippen LogP contribution in [0, 0.1) is 23.7 Å². The molecule has 6 heteroatoms. The lowest BCUT2D eigenvalue weighted by atomic mass is 9.84. The molecular weight excluding hydrogens is 418 g/mol. The van der Waals surface area contributed by atoms with E-state index in [2.05, 4.69) is 27.7 Å². The van der Waals surface area contributed by atoms with Crippen molar-refractivity contribution in [3.05, 3.63) is 35.9 Å². The van der Waals surface area contributed by atoms with Crippen LogP contribution in [0.15, 0.2) is 30.4 Å². The first-order valence-electron chi connectivity index (χ1n) is 11.8. The van der Waals surface area contributed by atoms with Gasteiger partial charge in [0, 0.05) is 51.6 Å².